The maximum Gasteiger partial charge on any atom is 0.231 e. The van der Waals surface area contributed by atoms with Crippen molar-refractivity contribution >= 4 is 17.7 Å². The van der Waals surface area contributed by atoms with Gasteiger partial charge in [-0.2, -0.15) is 0 Å². The molecule has 0 aliphatic carbocycles. The van der Waals surface area contributed by atoms with Gasteiger partial charge in [0.2, 0.25) is 18.4 Å². The number of amides is 1. The minimum Gasteiger partial charge on any atom is -0.497 e. The smallest absolute Gasteiger partial charge is 0.231 e. The first kappa shape index (κ1) is 17.9. The number of ether oxygens (including phenoxy) is 4. The number of benzene rings is 2. The van der Waals surface area contributed by atoms with Crippen LogP contribution in [-0.2, 0) is 11.3 Å². The third-order valence-electron chi connectivity index (χ3n) is 4.67. The molecule has 2 aliphatic heterocycles. The van der Waals surface area contributed by atoms with Gasteiger partial charge < -0.3 is 23.8 Å². The van der Waals surface area contributed by atoms with Crippen molar-refractivity contribution in [2.75, 3.05) is 26.8 Å². The number of thioether (sulfide) groups is 1. The summed E-state index contributed by atoms with van der Waals surface area (Å²) in [6, 6.07) is 11.7. The Morgan fingerprint density at radius 2 is 1.96 bits per heavy atom. The summed E-state index contributed by atoms with van der Waals surface area (Å²) in [6.45, 7) is 0.721. The standard InChI is InChI=1S/C20H21NO5S/c1-23-15-5-3-13(4-6-15)11-21-18(22)7-8-27-20(21)14-9-16(24-2)19-17(10-14)25-12-26-19/h3-6,9-10,20H,7-8,11-12H2,1-2H3. The Bertz CT molecular complexity index is 839. The monoisotopic (exact) mass is 387 g/mol. The molecule has 2 heterocycles. The van der Waals surface area contributed by atoms with Gasteiger partial charge in [-0.15, -0.1) is 11.8 Å². The molecule has 1 saturated heterocycles. The summed E-state index contributed by atoms with van der Waals surface area (Å²) in [5, 5.41) is -0.100. The van der Waals surface area contributed by atoms with E-state index in [1.54, 1.807) is 26.0 Å². The predicted octanol–water partition coefficient (Wildman–Crippen LogP) is 3.60. The van der Waals surface area contributed by atoms with E-state index in [-0.39, 0.29) is 18.1 Å². The van der Waals surface area contributed by atoms with Gasteiger partial charge in [0, 0.05) is 18.7 Å². The minimum atomic E-state index is -0.100. The SMILES string of the molecule is COc1ccc(CN2C(=O)CCSC2c2cc(OC)c3c(c2)OCO3)cc1. The van der Waals surface area contributed by atoms with E-state index in [0.717, 1.165) is 22.6 Å². The summed E-state index contributed by atoms with van der Waals surface area (Å²) in [7, 11) is 3.25. The summed E-state index contributed by atoms with van der Waals surface area (Å²) >= 11 is 1.75. The Hall–Kier alpha value is -2.54. The van der Waals surface area contributed by atoms with Gasteiger partial charge in [0.05, 0.1) is 14.2 Å². The van der Waals surface area contributed by atoms with Crippen LogP contribution in [0.25, 0.3) is 0 Å². The zero-order valence-electron chi connectivity index (χ0n) is 15.3. The van der Waals surface area contributed by atoms with Crippen LogP contribution in [0.5, 0.6) is 23.0 Å². The van der Waals surface area contributed by atoms with Crippen molar-refractivity contribution in [1.29, 1.82) is 0 Å². The lowest BCUT2D eigenvalue weighted by atomic mass is 10.1. The number of hydrogen-bond donors (Lipinski definition) is 0. The topological polar surface area (TPSA) is 57.2 Å². The van der Waals surface area contributed by atoms with Crippen LogP contribution in [0, 0.1) is 0 Å². The van der Waals surface area contributed by atoms with E-state index < -0.39 is 0 Å². The lowest BCUT2D eigenvalue weighted by molar-refractivity contribution is -0.132. The first-order valence-corrected chi connectivity index (χ1v) is 9.76. The van der Waals surface area contributed by atoms with Gasteiger partial charge in [-0.3, -0.25) is 4.79 Å². The quantitative estimate of drug-likeness (QED) is 0.781. The highest BCUT2D eigenvalue weighted by atomic mass is 32.2. The third kappa shape index (κ3) is 3.51. The summed E-state index contributed by atoms with van der Waals surface area (Å²) in [5.41, 5.74) is 2.03. The number of fused-ring (bicyclic) bond motifs is 1. The molecular weight excluding hydrogens is 366 g/mol. The number of methoxy groups -OCH3 is 2. The summed E-state index contributed by atoms with van der Waals surface area (Å²) in [6.07, 6.45) is 0.541. The summed E-state index contributed by atoms with van der Waals surface area (Å²) < 4.78 is 21.7. The van der Waals surface area contributed by atoms with Crippen molar-refractivity contribution in [3.8, 4) is 23.0 Å². The number of rotatable bonds is 5. The van der Waals surface area contributed by atoms with E-state index in [0.29, 0.717) is 30.2 Å². The molecule has 6 nitrogen and oxygen atoms in total. The van der Waals surface area contributed by atoms with Crippen LogP contribution < -0.4 is 18.9 Å². The van der Waals surface area contributed by atoms with E-state index in [9.17, 15) is 4.79 Å². The normalized spacial score (nSPS) is 18.5. The fraction of sp³-hybridized carbons (Fsp3) is 0.350. The van der Waals surface area contributed by atoms with Crippen molar-refractivity contribution in [2.45, 2.75) is 18.3 Å². The van der Waals surface area contributed by atoms with Crippen molar-refractivity contribution in [1.82, 2.24) is 4.90 Å². The Kier molecular flexibility index (Phi) is 5.03. The second-order valence-electron chi connectivity index (χ2n) is 6.30. The lowest BCUT2D eigenvalue weighted by Crippen LogP contribution is -2.36. The lowest BCUT2D eigenvalue weighted by Gasteiger charge is -2.35. The van der Waals surface area contributed by atoms with Gasteiger partial charge in [0.1, 0.15) is 11.1 Å². The van der Waals surface area contributed by atoms with Crippen LogP contribution in [0.4, 0.5) is 0 Å². The van der Waals surface area contributed by atoms with Crippen LogP contribution in [0.1, 0.15) is 22.9 Å². The molecule has 0 bridgehead atoms. The Morgan fingerprint density at radius 1 is 1.15 bits per heavy atom. The number of nitrogens with zero attached hydrogens (tertiary/aromatic N) is 1. The van der Waals surface area contributed by atoms with Gasteiger partial charge in [0.15, 0.2) is 11.5 Å². The summed E-state index contributed by atoms with van der Waals surface area (Å²) in [5.74, 6) is 3.64. The average molecular weight is 387 g/mol. The van der Waals surface area contributed by atoms with Gasteiger partial charge in [-0.05, 0) is 35.4 Å². The van der Waals surface area contributed by atoms with Crippen LogP contribution in [0.3, 0.4) is 0 Å². The van der Waals surface area contributed by atoms with E-state index in [4.69, 9.17) is 18.9 Å². The fourth-order valence-electron chi connectivity index (χ4n) is 3.29. The molecule has 7 heteroatoms. The zero-order valence-corrected chi connectivity index (χ0v) is 16.1. The first-order chi connectivity index (χ1) is 13.2. The van der Waals surface area contributed by atoms with E-state index in [1.807, 2.05) is 41.3 Å². The molecular formula is C20H21NO5S. The molecule has 4 rings (SSSR count). The third-order valence-corrected chi connectivity index (χ3v) is 5.96. The van der Waals surface area contributed by atoms with Crippen molar-refractivity contribution < 1.29 is 23.7 Å². The Balaban J connectivity index is 1.64. The fourth-order valence-corrected chi connectivity index (χ4v) is 4.51. The van der Waals surface area contributed by atoms with Crippen molar-refractivity contribution in [3.63, 3.8) is 0 Å². The molecule has 0 aromatic heterocycles. The molecule has 1 amide bonds. The van der Waals surface area contributed by atoms with E-state index in [1.165, 1.54) is 0 Å². The Labute approximate surface area is 162 Å². The molecule has 27 heavy (non-hydrogen) atoms. The minimum absolute atomic E-state index is 0.100. The van der Waals surface area contributed by atoms with Gasteiger partial charge in [-0.25, -0.2) is 0 Å². The molecule has 2 aromatic rings. The molecule has 0 radical (unpaired) electrons. The van der Waals surface area contributed by atoms with Gasteiger partial charge in [0.25, 0.3) is 0 Å². The molecule has 1 fully saturated rings. The van der Waals surface area contributed by atoms with Crippen LogP contribution >= 0.6 is 11.8 Å². The largest absolute Gasteiger partial charge is 0.497 e. The number of carbonyl (C=O) groups excluding carboxylic acids is 1. The van der Waals surface area contributed by atoms with E-state index in [2.05, 4.69) is 0 Å². The molecule has 2 aromatic carbocycles. The highest BCUT2D eigenvalue weighted by molar-refractivity contribution is 7.99. The average Bonchev–Trinajstić information content (AvgIpc) is 3.18. The highest BCUT2D eigenvalue weighted by Crippen LogP contribution is 2.47. The van der Waals surface area contributed by atoms with E-state index >= 15 is 0 Å². The second-order valence-corrected chi connectivity index (χ2v) is 7.49. The van der Waals surface area contributed by atoms with Crippen LogP contribution in [-0.4, -0.2) is 37.6 Å². The molecule has 0 spiro atoms. The Morgan fingerprint density at radius 3 is 2.70 bits per heavy atom. The summed E-state index contributed by atoms with van der Waals surface area (Å²) in [4.78, 5) is 14.6. The highest BCUT2D eigenvalue weighted by Gasteiger charge is 2.32. The molecule has 0 saturated carbocycles. The zero-order chi connectivity index (χ0) is 18.8. The second kappa shape index (κ2) is 7.60. The van der Waals surface area contributed by atoms with Gasteiger partial charge in [-0.1, -0.05) is 12.1 Å². The van der Waals surface area contributed by atoms with Crippen LogP contribution in [0.15, 0.2) is 36.4 Å². The van der Waals surface area contributed by atoms with Crippen molar-refractivity contribution in [2.24, 2.45) is 0 Å². The van der Waals surface area contributed by atoms with Crippen LogP contribution in [0.2, 0.25) is 0 Å². The number of carbonyl (C=O) groups is 1. The molecule has 1 atom stereocenters. The maximum absolute atomic E-state index is 12.7. The molecule has 1 unspecified atom stereocenters. The predicted molar refractivity (Wildman–Crippen MR) is 102 cm³/mol. The first-order valence-electron chi connectivity index (χ1n) is 8.71. The van der Waals surface area contributed by atoms with Gasteiger partial charge >= 0.3 is 0 Å². The number of hydrogen-bond acceptors (Lipinski definition) is 6. The molecule has 142 valence electrons. The maximum atomic E-state index is 12.7. The van der Waals surface area contributed by atoms with Crippen molar-refractivity contribution in [3.05, 3.63) is 47.5 Å². The molecule has 2 aliphatic rings. The molecule has 0 N–H and O–H groups in total.